The monoisotopic (exact) mass is 803 g/mol. The van der Waals surface area contributed by atoms with Crippen molar-refractivity contribution in [3.63, 3.8) is 0 Å². The van der Waals surface area contributed by atoms with E-state index >= 15 is 0 Å². The van der Waals surface area contributed by atoms with Crippen LogP contribution in [0.4, 0.5) is 11.4 Å². The molecular formula is C60H41N3. The second-order valence-corrected chi connectivity index (χ2v) is 16.3. The van der Waals surface area contributed by atoms with Crippen LogP contribution in [0.5, 0.6) is 0 Å². The summed E-state index contributed by atoms with van der Waals surface area (Å²) in [6.07, 6.45) is 0. The minimum Gasteiger partial charge on any atom is -0.356 e. The molecule has 63 heavy (non-hydrogen) atoms. The van der Waals surface area contributed by atoms with E-state index in [0.717, 1.165) is 11.4 Å². The van der Waals surface area contributed by atoms with Gasteiger partial charge >= 0.3 is 0 Å². The Balaban J connectivity index is 0.732. The summed E-state index contributed by atoms with van der Waals surface area (Å²) in [5, 5.41) is 8.65. The lowest BCUT2D eigenvalue weighted by Gasteiger charge is -2.10. The van der Waals surface area contributed by atoms with Gasteiger partial charge < -0.3 is 14.5 Å². The Morgan fingerprint density at radius 2 is 0.508 bits per heavy atom. The number of nitrogens with zero attached hydrogens (tertiary/aromatic N) is 2. The summed E-state index contributed by atoms with van der Waals surface area (Å²) in [5.41, 5.74) is 18.9. The normalized spacial score (nSPS) is 11.5. The molecule has 0 spiro atoms. The molecule has 3 nitrogen and oxygen atoms in total. The van der Waals surface area contributed by atoms with Crippen LogP contribution >= 0.6 is 0 Å². The van der Waals surface area contributed by atoms with E-state index in [1.807, 2.05) is 0 Å². The molecule has 0 bridgehead atoms. The van der Waals surface area contributed by atoms with Crippen molar-refractivity contribution < 1.29 is 0 Å². The Labute approximate surface area is 366 Å². The predicted octanol–water partition coefficient (Wildman–Crippen LogP) is 16.3. The van der Waals surface area contributed by atoms with Crippen molar-refractivity contribution in [2.24, 2.45) is 0 Å². The van der Waals surface area contributed by atoms with Crippen LogP contribution in [-0.2, 0) is 0 Å². The zero-order valence-corrected chi connectivity index (χ0v) is 34.5. The summed E-state index contributed by atoms with van der Waals surface area (Å²) in [5.74, 6) is 0. The van der Waals surface area contributed by atoms with Crippen LogP contribution in [0, 0.1) is 0 Å². The first kappa shape index (κ1) is 36.5. The first-order valence-corrected chi connectivity index (χ1v) is 21.6. The maximum absolute atomic E-state index is 3.60. The molecule has 0 saturated heterocycles. The number of fused-ring (bicyclic) bond motifs is 6. The summed E-state index contributed by atoms with van der Waals surface area (Å²) >= 11 is 0. The zero-order chi connectivity index (χ0) is 41.7. The highest BCUT2D eigenvalue weighted by atomic mass is 15.0. The fourth-order valence-corrected chi connectivity index (χ4v) is 9.38. The van der Waals surface area contributed by atoms with Gasteiger partial charge in [0.15, 0.2) is 0 Å². The van der Waals surface area contributed by atoms with E-state index in [9.17, 15) is 0 Å². The first-order valence-electron chi connectivity index (χ1n) is 21.6. The molecule has 0 unspecified atom stereocenters. The number of anilines is 2. The number of aromatic nitrogens is 2. The Hall–Kier alpha value is -8.40. The third-order valence-corrected chi connectivity index (χ3v) is 12.5. The van der Waals surface area contributed by atoms with Crippen LogP contribution in [0.25, 0.3) is 99.5 Å². The first-order chi connectivity index (χ1) is 31.2. The molecule has 12 rings (SSSR count). The summed E-state index contributed by atoms with van der Waals surface area (Å²) in [7, 11) is 0. The highest BCUT2D eigenvalue weighted by Crippen LogP contribution is 2.38. The van der Waals surface area contributed by atoms with E-state index in [-0.39, 0.29) is 0 Å². The minimum absolute atomic E-state index is 1.05. The average Bonchev–Trinajstić information content (AvgIpc) is 3.87. The summed E-state index contributed by atoms with van der Waals surface area (Å²) in [4.78, 5) is 0. The number of para-hydroxylation sites is 4. The highest BCUT2D eigenvalue weighted by molar-refractivity contribution is 6.11. The molecule has 0 aliphatic heterocycles. The SMILES string of the molecule is c1ccc(-n2c3ccccc3c3cc(-c4ccc(-c5ccc(Nc6ccc(-c7ccc(-c8ccc9c(c8)c8ccccc8n9-c8ccccc8)cc7)cc6)cc5)cc4)ccc32)cc1. The molecule has 2 aromatic heterocycles. The molecule has 10 aromatic carbocycles. The maximum Gasteiger partial charge on any atom is 0.0541 e. The fraction of sp³-hybridized carbons (Fsp3) is 0. The van der Waals surface area contributed by atoms with Gasteiger partial charge in [-0.15, -0.1) is 0 Å². The molecule has 1 N–H and O–H groups in total. The van der Waals surface area contributed by atoms with E-state index in [4.69, 9.17) is 0 Å². The number of nitrogens with one attached hydrogen (secondary N) is 1. The molecule has 0 atom stereocenters. The van der Waals surface area contributed by atoms with Gasteiger partial charge in [-0.2, -0.15) is 0 Å². The van der Waals surface area contributed by atoms with E-state index in [1.165, 1.54) is 99.5 Å². The van der Waals surface area contributed by atoms with Gasteiger partial charge in [0.2, 0.25) is 0 Å². The summed E-state index contributed by atoms with van der Waals surface area (Å²) < 4.78 is 4.72. The van der Waals surface area contributed by atoms with Gasteiger partial charge in [-0.1, -0.05) is 158 Å². The zero-order valence-electron chi connectivity index (χ0n) is 34.5. The van der Waals surface area contributed by atoms with Crippen LogP contribution in [-0.4, -0.2) is 9.13 Å². The Bertz CT molecular complexity index is 3340. The van der Waals surface area contributed by atoms with Gasteiger partial charge in [0.25, 0.3) is 0 Å². The third-order valence-electron chi connectivity index (χ3n) is 12.5. The lowest BCUT2D eigenvalue weighted by molar-refractivity contribution is 1.18. The van der Waals surface area contributed by atoms with Gasteiger partial charge in [-0.3, -0.25) is 0 Å². The molecule has 3 heteroatoms. The van der Waals surface area contributed by atoms with Crippen LogP contribution in [0.3, 0.4) is 0 Å². The molecule has 0 aliphatic carbocycles. The van der Waals surface area contributed by atoms with Crippen LogP contribution < -0.4 is 5.32 Å². The van der Waals surface area contributed by atoms with Gasteiger partial charge in [0.05, 0.1) is 22.1 Å². The van der Waals surface area contributed by atoms with Crippen molar-refractivity contribution in [3.05, 3.63) is 243 Å². The highest BCUT2D eigenvalue weighted by Gasteiger charge is 2.15. The molecule has 296 valence electrons. The summed E-state index contributed by atoms with van der Waals surface area (Å²) in [6.45, 7) is 0. The van der Waals surface area contributed by atoms with Crippen LogP contribution in [0.15, 0.2) is 243 Å². The second kappa shape index (κ2) is 15.3. The van der Waals surface area contributed by atoms with Gasteiger partial charge in [0, 0.05) is 44.3 Å². The Morgan fingerprint density at radius 3 is 0.889 bits per heavy atom. The Morgan fingerprint density at radius 1 is 0.222 bits per heavy atom. The van der Waals surface area contributed by atoms with Gasteiger partial charge in [-0.25, -0.2) is 0 Å². The fourth-order valence-electron chi connectivity index (χ4n) is 9.38. The van der Waals surface area contributed by atoms with Crippen molar-refractivity contribution in [1.29, 1.82) is 0 Å². The lowest BCUT2D eigenvalue weighted by atomic mass is 9.98. The largest absolute Gasteiger partial charge is 0.356 e. The second-order valence-electron chi connectivity index (χ2n) is 16.3. The maximum atomic E-state index is 3.60. The quantitative estimate of drug-likeness (QED) is 0.162. The number of hydrogen-bond acceptors (Lipinski definition) is 1. The number of hydrogen-bond donors (Lipinski definition) is 1. The average molecular weight is 804 g/mol. The lowest BCUT2D eigenvalue weighted by Crippen LogP contribution is -1.92. The number of benzene rings is 10. The molecule has 12 aromatic rings. The molecule has 0 radical (unpaired) electrons. The van der Waals surface area contributed by atoms with Gasteiger partial charge in [0.1, 0.15) is 0 Å². The summed E-state index contributed by atoms with van der Waals surface area (Å²) in [6, 6.07) is 87.5. The number of rotatable bonds is 8. The van der Waals surface area contributed by atoms with Crippen molar-refractivity contribution in [3.8, 4) is 55.9 Å². The standard InChI is InChI=1S/C60H41N3/c1-3-11-51(12-4-1)62-57-17-9-7-15-53(57)55-39-47(31-37-59(55)62)45-23-19-41(20-24-45)43-27-33-49(34-28-43)61-50-35-29-44(30-36-50)42-21-25-46(26-22-42)48-32-38-60-56(40-48)54-16-8-10-18-58(54)63(60)52-13-5-2-6-14-52/h1-40,61H. The molecule has 0 aliphatic rings. The molecular weight excluding hydrogens is 763 g/mol. The van der Waals surface area contributed by atoms with Crippen LogP contribution in [0.2, 0.25) is 0 Å². The molecule has 0 fully saturated rings. The molecule has 0 saturated carbocycles. The van der Waals surface area contributed by atoms with Crippen molar-refractivity contribution in [2.45, 2.75) is 0 Å². The van der Waals surface area contributed by atoms with Crippen molar-refractivity contribution in [2.75, 3.05) is 5.32 Å². The van der Waals surface area contributed by atoms with E-state index in [2.05, 4.69) is 257 Å². The molecule has 0 amide bonds. The van der Waals surface area contributed by atoms with Crippen LogP contribution in [0.1, 0.15) is 0 Å². The van der Waals surface area contributed by atoms with Crippen molar-refractivity contribution in [1.82, 2.24) is 9.13 Å². The topological polar surface area (TPSA) is 21.9 Å². The van der Waals surface area contributed by atoms with Gasteiger partial charge in [-0.05, 0) is 129 Å². The van der Waals surface area contributed by atoms with E-state index in [1.54, 1.807) is 0 Å². The van der Waals surface area contributed by atoms with E-state index < -0.39 is 0 Å². The minimum atomic E-state index is 1.05. The third kappa shape index (κ3) is 6.55. The van der Waals surface area contributed by atoms with Crippen molar-refractivity contribution >= 4 is 55.0 Å². The predicted molar refractivity (Wildman–Crippen MR) is 267 cm³/mol. The molecule has 2 heterocycles. The smallest absolute Gasteiger partial charge is 0.0541 e. The Kier molecular flexibility index (Phi) is 8.83. The van der Waals surface area contributed by atoms with E-state index in [0.29, 0.717) is 0 Å².